The Bertz CT molecular complexity index is 1370. The second-order valence-electron chi connectivity index (χ2n) is 9.56. The van der Waals surface area contributed by atoms with E-state index in [4.69, 9.17) is 23.2 Å². The molecule has 1 N–H and O–H groups in total. The van der Waals surface area contributed by atoms with Crippen molar-refractivity contribution in [2.24, 2.45) is 0 Å². The van der Waals surface area contributed by atoms with Crippen LogP contribution in [-0.4, -0.2) is 77.6 Å². The van der Waals surface area contributed by atoms with Crippen LogP contribution in [0.15, 0.2) is 47.4 Å². The fourth-order valence-corrected chi connectivity index (χ4v) is 6.91. The van der Waals surface area contributed by atoms with Gasteiger partial charge in [0.1, 0.15) is 29.0 Å². The SMILES string of the molecule is CC(=O)NC1CN(S(=O)(=O)c2cc(Cl)ccc2F)C2CN(C(C)C)C(=O)C(Cc3ccc(Cl)cc3)N2C1=O. The van der Waals surface area contributed by atoms with Crippen LogP contribution in [0.25, 0.3) is 0 Å². The Morgan fingerprint density at radius 3 is 2.29 bits per heavy atom. The molecule has 9 nitrogen and oxygen atoms in total. The second kappa shape index (κ2) is 10.8. The molecular formula is C25H27Cl2FN4O5S. The molecule has 2 heterocycles. The monoisotopic (exact) mass is 584 g/mol. The summed E-state index contributed by atoms with van der Waals surface area (Å²) >= 11 is 12.0. The number of piperazine rings is 1. The third kappa shape index (κ3) is 5.38. The average Bonchev–Trinajstić information content (AvgIpc) is 2.84. The van der Waals surface area contributed by atoms with Gasteiger partial charge in [-0.05, 0) is 49.7 Å². The number of hydrogen-bond donors (Lipinski definition) is 1. The lowest BCUT2D eigenvalue weighted by Gasteiger charge is -2.54. The molecule has 4 rings (SSSR count). The van der Waals surface area contributed by atoms with Gasteiger partial charge in [0, 0.05) is 36.0 Å². The van der Waals surface area contributed by atoms with E-state index in [9.17, 15) is 27.2 Å². The van der Waals surface area contributed by atoms with E-state index in [0.29, 0.717) is 10.6 Å². The standard InChI is InChI=1S/C25H27Cl2FN4O5S/c1-14(2)30-13-23-31(38(36,37)22-11-18(27)8-9-19(22)28)12-20(29-15(3)33)24(34)32(23)21(25(30)35)10-16-4-6-17(26)7-5-16/h4-9,11,14,20-21,23H,10,12-13H2,1-3H3,(H,29,33). The molecule has 3 atom stereocenters. The van der Waals surface area contributed by atoms with Gasteiger partial charge in [-0.15, -0.1) is 0 Å². The molecule has 3 unspecified atom stereocenters. The number of carbonyl (C=O) groups excluding carboxylic acids is 3. The number of halogens is 3. The van der Waals surface area contributed by atoms with E-state index < -0.39 is 57.3 Å². The van der Waals surface area contributed by atoms with Crippen molar-refractivity contribution in [1.29, 1.82) is 0 Å². The minimum absolute atomic E-state index is 0.0107. The van der Waals surface area contributed by atoms with E-state index in [1.54, 1.807) is 38.1 Å². The summed E-state index contributed by atoms with van der Waals surface area (Å²) in [5, 5.41) is 2.99. The Kier molecular flexibility index (Phi) is 8.04. The molecule has 204 valence electrons. The van der Waals surface area contributed by atoms with Gasteiger partial charge in [0.15, 0.2) is 0 Å². The molecule has 2 aliphatic heterocycles. The Morgan fingerprint density at radius 2 is 1.68 bits per heavy atom. The van der Waals surface area contributed by atoms with Crippen LogP contribution in [0.5, 0.6) is 0 Å². The minimum atomic E-state index is -4.57. The number of nitrogens with one attached hydrogen (secondary N) is 1. The maximum absolute atomic E-state index is 14.8. The molecule has 0 aromatic heterocycles. The maximum Gasteiger partial charge on any atom is 0.248 e. The van der Waals surface area contributed by atoms with Crippen LogP contribution in [-0.2, 0) is 30.8 Å². The molecule has 0 aliphatic carbocycles. The van der Waals surface area contributed by atoms with Crippen LogP contribution >= 0.6 is 23.2 Å². The summed E-state index contributed by atoms with van der Waals surface area (Å²) in [7, 11) is -4.57. The number of carbonyl (C=O) groups is 3. The quantitative estimate of drug-likeness (QED) is 0.561. The largest absolute Gasteiger partial charge is 0.343 e. The summed E-state index contributed by atoms with van der Waals surface area (Å²) in [6.07, 6.45) is -1.07. The smallest absolute Gasteiger partial charge is 0.248 e. The lowest BCUT2D eigenvalue weighted by Crippen LogP contribution is -2.76. The van der Waals surface area contributed by atoms with Crippen molar-refractivity contribution in [2.45, 2.75) is 56.4 Å². The van der Waals surface area contributed by atoms with Gasteiger partial charge >= 0.3 is 0 Å². The van der Waals surface area contributed by atoms with E-state index in [0.717, 1.165) is 16.4 Å². The Morgan fingerprint density at radius 1 is 1.05 bits per heavy atom. The van der Waals surface area contributed by atoms with Gasteiger partial charge in [0.2, 0.25) is 27.7 Å². The van der Waals surface area contributed by atoms with E-state index >= 15 is 0 Å². The molecule has 38 heavy (non-hydrogen) atoms. The van der Waals surface area contributed by atoms with Crippen LogP contribution in [0, 0.1) is 5.82 Å². The van der Waals surface area contributed by atoms with Crippen LogP contribution < -0.4 is 5.32 Å². The van der Waals surface area contributed by atoms with Gasteiger partial charge in [-0.3, -0.25) is 14.4 Å². The number of benzene rings is 2. The fourth-order valence-electron chi connectivity index (χ4n) is 4.87. The lowest BCUT2D eigenvalue weighted by molar-refractivity contribution is -0.169. The van der Waals surface area contributed by atoms with E-state index in [1.807, 2.05) is 0 Å². The highest BCUT2D eigenvalue weighted by Gasteiger charge is 2.54. The van der Waals surface area contributed by atoms with Crippen molar-refractivity contribution >= 4 is 50.9 Å². The molecule has 2 aliphatic rings. The number of amides is 3. The molecule has 2 aromatic carbocycles. The highest BCUT2D eigenvalue weighted by Crippen LogP contribution is 2.34. The third-order valence-corrected chi connectivity index (χ3v) is 9.02. The molecular weight excluding hydrogens is 558 g/mol. The molecule has 2 fully saturated rings. The zero-order valence-electron chi connectivity index (χ0n) is 20.9. The van der Waals surface area contributed by atoms with Crippen LogP contribution in [0.2, 0.25) is 10.0 Å². The van der Waals surface area contributed by atoms with Gasteiger partial charge in [-0.1, -0.05) is 35.3 Å². The highest BCUT2D eigenvalue weighted by molar-refractivity contribution is 7.89. The fraction of sp³-hybridized carbons (Fsp3) is 0.400. The Hall–Kier alpha value is -2.73. The molecule has 2 saturated heterocycles. The summed E-state index contributed by atoms with van der Waals surface area (Å²) in [5.74, 6) is -2.54. The third-order valence-electron chi connectivity index (χ3n) is 6.66. The first-order chi connectivity index (χ1) is 17.8. The molecule has 13 heteroatoms. The number of nitrogens with zero attached hydrogens (tertiary/aromatic N) is 3. The number of fused-ring (bicyclic) bond motifs is 1. The number of hydrogen-bond acceptors (Lipinski definition) is 5. The normalized spacial score (nSPS) is 22.6. The van der Waals surface area contributed by atoms with Crippen molar-refractivity contribution in [3.8, 4) is 0 Å². The molecule has 0 spiro atoms. The van der Waals surface area contributed by atoms with Crippen molar-refractivity contribution in [1.82, 2.24) is 19.4 Å². The zero-order valence-corrected chi connectivity index (χ0v) is 23.2. The van der Waals surface area contributed by atoms with Crippen molar-refractivity contribution < 1.29 is 27.2 Å². The molecule has 0 radical (unpaired) electrons. The Labute approximate surface area is 230 Å². The van der Waals surface area contributed by atoms with E-state index in [1.165, 1.54) is 22.8 Å². The topological polar surface area (TPSA) is 107 Å². The molecule has 0 saturated carbocycles. The van der Waals surface area contributed by atoms with Gasteiger partial charge in [-0.25, -0.2) is 12.8 Å². The first-order valence-electron chi connectivity index (χ1n) is 11.9. The van der Waals surface area contributed by atoms with Crippen molar-refractivity contribution in [2.75, 3.05) is 13.1 Å². The van der Waals surface area contributed by atoms with Crippen LogP contribution in [0.1, 0.15) is 26.3 Å². The number of rotatable bonds is 6. The summed E-state index contributed by atoms with van der Waals surface area (Å²) in [6.45, 7) is 4.19. The van der Waals surface area contributed by atoms with Crippen molar-refractivity contribution in [3.63, 3.8) is 0 Å². The van der Waals surface area contributed by atoms with Gasteiger partial charge < -0.3 is 15.1 Å². The van der Waals surface area contributed by atoms with Crippen LogP contribution in [0.4, 0.5) is 4.39 Å². The van der Waals surface area contributed by atoms with Crippen molar-refractivity contribution in [3.05, 3.63) is 63.9 Å². The van der Waals surface area contributed by atoms with Gasteiger partial charge in [-0.2, -0.15) is 4.31 Å². The van der Waals surface area contributed by atoms with Gasteiger partial charge in [0.05, 0.1) is 6.54 Å². The summed E-state index contributed by atoms with van der Waals surface area (Å²) in [5.41, 5.74) is 0.696. The van der Waals surface area contributed by atoms with Crippen LogP contribution in [0.3, 0.4) is 0 Å². The summed E-state index contributed by atoms with van der Waals surface area (Å²) in [4.78, 5) is 41.4. The zero-order chi connectivity index (χ0) is 27.9. The van der Waals surface area contributed by atoms with Gasteiger partial charge in [0.25, 0.3) is 0 Å². The highest BCUT2D eigenvalue weighted by atomic mass is 35.5. The first-order valence-corrected chi connectivity index (χ1v) is 14.1. The predicted octanol–water partition coefficient (Wildman–Crippen LogP) is 2.66. The maximum atomic E-state index is 14.8. The average molecular weight is 585 g/mol. The Balaban J connectivity index is 1.85. The molecule has 0 bridgehead atoms. The van der Waals surface area contributed by atoms with E-state index in [2.05, 4.69) is 5.32 Å². The molecule has 2 aromatic rings. The number of sulfonamides is 1. The van der Waals surface area contributed by atoms with E-state index in [-0.39, 0.29) is 29.9 Å². The first kappa shape index (κ1) is 28.3. The summed E-state index contributed by atoms with van der Waals surface area (Å²) in [6, 6.07) is 7.23. The lowest BCUT2D eigenvalue weighted by atomic mass is 9.96. The second-order valence-corrected chi connectivity index (χ2v) is 12.3. The summed E-state index contributed by atoms with van der Waals surface area (Å²) < 4.78 is 43.5. The molecule has 3 amide bonds. The predicted molar refractivity (Wildman–Crippen MR) is 139 cm³/mol. The minimum Gasteiger partial charge on any atom is -0.343 e.